The Morgan fingerprint density at radius 1 is 0.636 bits per heavy atom. The van der Waals surface area contributed by atoms with Crippen molar-refractivity contribution in [3.8, 4) is 55.9 Å². The third kappa shape index (κ3) is 10.2. The van der Waals surface area contributed by atoms with E-state index in [4.69, 9.17) is 7.73 Å². The van der Waals surface area contributed by atoms with E-state index in [1.807, 2.05) is 24.3 Å². The summed E-state index contributed by atoms with van der Waals surface area (Å²) in [7, 11) is -1.63. The molecule has 3 aromatic heterocycles. The zero-order valence-electron chi connectivity index (χ0n) is 41.2. The van der Waals surface area contributed by atoms with Crippen molar-refractivity contribution >= 4 is 44.8 Å². The molecule has 2 nitrogen and oxygen atoms in total. The van der Waals surface area contributed by atoms with Crippen LogP contribution in [0.2, 0.25) is 19.6 Å². The largest absolute Gasteiger partial charge is 0.305 e. The summed E-state index contributed by atoms with van der Waals surface area (Å²) in [6.07, 6.45) is 12.1. The van der Waals surface area contributed by atoms with Crippen LogP contribution in [0.4, 0.5) is 0 Å². The Morgan fingerprint density at radius 3 is 2.00 bits per heavy atom. The molecule has 11 rings (SSSR count). The van der Waals surface area contributed by atoms with Gasteiger partial charge < -0.3 is 9.97 Å². The second-order valence-electron chi connectivity index (χ2n) is 18.8. The van der Waals surface area contributed by atoms with Crippen LogP contribution in [0.5, 0.6) is 0 Å². The van der Waals surface area contributed by atoms with E-state index in [-0.39, 0.29) is 26.0 Å². The van der Waals surface area contributed by atoms with Crippen molar-refractivity contribution in [3.63, 3.8) is 0 Å². The molecular formula is C61H58IrN2SSi-2. The topological polar surface area (TPSA) is 25.8 Å². The normalized spacial score (nSPS) is 15.8. The van der Waals surface area contributed by atoms with Crippen molar-refractivity contribution in [3.05, 3.63) is 187 Å². The van der Waals surface area contributed by atoms with Crippen LogP contribution in [0.3, 0.4) is 0 Å². The van der Waals surface area contributed by atoms with Crippen molar-refractivity contribution in [1.29, 1.82) is 0 Å². The van der Waals surface area contributed by atoms with Crippen LogP contribution < -0.4 is 5.19 Å². The predicted octanol–water partition coefficient (Wildman–Crippen LogP) is 16.8. The summed E-state index contributed by atoms with van der Waals surface area (Å²) in [6, 6.07) is 59.6. The predicted molar refractivity (Wildman–Crippen MR) is 281 cm³/mol. The van der Waals surface area contributed by atoms with Crippen molar-refractivity contribution in [2.75, 3.05) is 0 Å². The quantitative estimate of drug-likeness (QED) is 0.106. The summed E-state index contributed by atoms with van der Waals surface area (Å²) < 4.78 is 29.5. The van der Waals surface area contributed by atoms with Gasteiger partial charge in [0.25, 0.3) is 0 Å². The van der Waals surface area contributed by atoms with Gasteiger partial charge in [0.2, 0.25) is 0 Å². The molecule has 2 fully saturated rings. The molecule has 2 saturated carbocycles. The van der Waals surface area contributed by atoms with E-state index in [9.17, 15) is 1.37 Å². The molecular weight excluding hydrogens is 1010 g/mol. The maximum atomic E-state index is 9.31. The van der Waals surface area contributed by atoms with Crippen LogP contribution in [0.1, 0.15) is 78.9 Å². The van der Waals surface area contributed by atoms with Gasteiger partial charge >= 0.3 is 0 Å². The first-order chi connectivity index (χ1) is 33.0. The van der Waals surface area contributed by atoms with Gasteiger partial charge in [-0.25, -0.2) is 0 Å². The monoisotopic (exact) mass is 1070 g/mol. The minimum Gasteiger partial charge on any atom is -0.305 e. The molecule has 2 aliphatic rings. The number of aromatic nitrogens is 2. The average molecular weight is 1070 g/mol. The average Bonchev–Trinajstić information content (AvgIpc) is 4.01. The maximum absolute atomic E-state index is 9.31. The molecule has 2 aliphatic carbocycles. The van der Waals surface area contributed by atoms with Crippen LogP contribution in [0, 0.1) is 18.1 Å². The molecule has 0 atom stereocenters. The van der Waals surface area contributed by atoms with Gasteiger partial charge in [-0.05, 0) is 92.6 Å². The molecule has 0 spiro atoms. The molecule has 0 unspecified atom stereocenters. The fraction of sp³-hybridized carbons (Fsp3) is 0.246. The molecule has 3 heterocycles. The van der Waals surface area contributed by atoms with Crippen LogP contribution in [-0.4, -0.2) is 18.0 Å². The number of hydrogen-bond acceptors (Lipinski definition) is 3. The summed E-state index contributed by atoms with van der Waals surface area (Å²) in [5, 5.41) is 3.77. The zero-order valence-corrected chi connectivity index (χ0v) is 42.4. The molecule has 9 aromatic rings. The fourth-order valence-electron chi connectivity index (χ4n) is 9.80. The van der Waals surface area contributed by atoms with E-state index in [2.05, 4.69) is 170 Å². The Hall–Kier alpha value is -5.29. The summed E-state index contributed by atoms with van der Waals surface area (Å²) in [5.74, 6) is -0.406. The minimum atomic E-state index is -1.63. The van der Waals surface area contributed by atoms with E-state index in [1.165, 1.54) is 66.0 Å². The van der Waals surface area contributed by atoms with Gasteiger partial charge in [0, 0.05) is 41.3 Å². The zero-order chi connectivity index (χ0) is 46.9. The number of thiophene rings is 1. The number of benzene rings is 6. The van der Waals surface area contributed by atoms with Gasteiger partial charge in [0.15, 0.2) is 0 Å². The molecule has 0 N–H and O–H groups in total. The fourth-order valence-corrected chi connectivity index (χ4v) is 12.5. The maximum Gasteiger partial charge on any atom is 0.0799 e. The molecule has 0 aliphatic heterocycles. The van der Waals surface area contributed by atoms with E-state index in [0.29, 0.717) is 0 Å². The Kier molecular flexibility index (Phi) is 13.2. The van der Waals surface area contributed by atoms with Crippen LogP contribution in [0.15, 0.2) is 164 Å². The van der Waals surface area contributed by atoms with Gasteiger partial charge in [0.05, 0.1) is 8.07 Å². The molecule has 0 bridgehead atoms. The SMILES string of the molecule is [2H]C([2H])(c1ccnc(-c2[c-]ccc3c2sc2ccc(-c4ccccc4)cc23)c1)C1CCCCC1.[2H]C1(c2cc(-c3[c-]cc(-c4ccccc4)c(-c4ccccc4)c3)ncc2[Si](C)(C)C)CCCC1.[Ir]. The number of rotatable bonds is 9. The van der Waals surface area contributed by atoms with Gasteiger partial charge in [-0.15, -0.1) is 47.5 Å². The second-order valence-corrected chi connectivity index (χ2v) is 24.9. The molecule has 5 heteroatoms. The number of nitrogens with zero attached hydrogens (tertiary/aromatic N) is 2. The van der Waals surface area contributed by atoms with E-state index < -0.39 is 20.3 Å². The van der Waals surface area contributed by atoms with Gasteiger partial charge in [-0.1, -0.05) is 207 Å². The Labute approximate surface area is 415 Å². The van der Waals surface area contributed by atoms with Crippen LogP contribution >= 0.6 is 11.3 Å². The van der Waals surface area contributed by atoms with Crippen molar-refractivity contribution < 1.29 is 24.2 Å². The van der Waals surface area contributed by atoms with Crippen molar-refractivity contribution in [2.45, 2.75) is 89.7 Å². The smallest absolute Gasteiger partial charge is 0.0799 e. The first-order valence-corrected chi connectivity index (χ1v) is 27.9. The minimum absolute atomic E-state index is 0. The van der Waals surface area contributed by atoms with Gasteiger partial charge in [-0.3, -0.25) is 0 Å². The first-order valence-electron chi connectivity index (χ1n) is 25.0. The van der Waals surface area contributed by atoms with E-state index >= 15 is 0 Å². The Balaban J connectivity index is 0.000000169. The van der Waals surface area contributed by atoms with E-state index in [0.717, 1.165) is 84.1 Å². The number of pyridine rings is 2. The summed E-state index contributed by atoms with van der Waals surface area (Å²) in [4.78, 5) is 9.60. The second kappa shape index (κ2) is 20.7. The molecule has 1 radical (unpaired) electrons. The molecule has 0 amide bonds. The molecule has 66 heavy (non-hydrogen) atoms. The number of hydrogen-bond donors (Lipinski definition) is 0. The standard InChI is InChI=1S/C31H32NSi.C30H26NS.Ir/c1-33(2,3)31-22-32-30(21-29(31)25-16-10-11-17-25)26-18-19-27(23-12-6-4-7-13-23)28(20-26)24-14-8-5-9-15-24;1-3-8-21(9-4-1)18-22-16-17-31-28(19-22)26-13-7-12-25-27-20-24(23-10-5-2-6-11-23)14-15-29(27)32-30(25)26;/h4-9,12-15,19-22,25H,10-11,16-17H2,1-3H3;2,5-7,10-12,14-17,19-21H,1,3-4,8-9,18H2;/q2*-1;/i25D;18D2;. The van der Waals surface area contributed by atoms with Crippen LogP contribution in [0.25, 0.3) is 76.1 Å². The third-order valence-electron chi connectivity index (χ3n) is 13.2. The number of fused-ring (bicyclic) bond motifs is 3. The Bertz CT molecular complexity index is 3190. The molecule has 333 valence electrons. The molecule has 0 saturated heterocycles. The summed E-state index contributed by atoms with van der Waals surface area (Å²) in [5.41, 5.74) is 12.8. The van der Waals surface area contributed by atoms with Crippen molar-refractivity contribution in [1.82, 2.24) is 9.97 Å². The van der Waals surface area contributed by atoms with E-state index in [1.54, 1.807) is 17.5 Å². The summed E-state index contributed by atoms with van der Waals surface area (Å²) >= 11 is 1.76. The Morgan fingerprint density at radius 2 is 1.30 bits per heavy atom. The first kappa shape index (κ1) is 42.1. The van der Waals surface area contributed by atoms with Gasteiger partial charge in [-0.2, -0.15) is 11.3 Å². The van der Waals surface area contributed by atoms with Crippen molar-refractivity contribution in [2.24, 2.45) is 5.92 Å². The van der Waals surface area contributed by atoms with Gasteiger partial charge in [0.1, 0.15) is 0 Å². The van der Waals surface area contributed by atoms with Crippen LogP contribution in [-0.2, 0) is 26.5 Å². The third-order valence-corrected chi connectivity index (χ3v) is 16.4. The summed E-state index contributed by atoms with van der Waals surface area (Å²) in [6.45, 7) is 7.08. The molecule has 6 aromatic carbocycles.